The minimum atomic E-state index is -3.11. The number of hydrogen-bond donors (Lipinski definition) is 0. The van der Waals surface area contributed by atoms with E-state index in [2.05, 4.69) is 31.4 Å². The van der Waals surface area contributed by atoms with Crippen molar-refractivity contribution in [3.05, 3.63) is 12.4 Å². The zero-order chi connectivity index (χ0) is 13.1. The van der Waals surface area contributed by atoms with E-state index in [4.69, 9.17) is 13.3 Å². The SMILES string of the molecule is CCCC[N+]1(CCCC)C=CN=C1.O=S([O-])[O-]. The molecule has 0 radical (unpaired) electrons. The fourth-order valence-corrected chi connectivity index (χ4v) is 1.66. The van der Waals surface area contributed by atoms with Crippen LogP contribution in [0.25, 0.3) is 0 Å². The third kappa shape index (κ3) is 8.20. The molecule has 0 spiro atoms. The number of aliphatic imine (C=N–C) groups is 1. The van der Waals surface area contributed by atoms with Crippen LogP contribution in [0.1, 0.15) is 39.5 Å². The monoisotopic (exact) mass is 261 g/mol. The third-order valence-electron chi connectivity index (χ3n) is 2.60. The van der Waals surface area contributed by atoms with Gasteiger partial charge in [0.25, 0.3) is 0 Å². The van der Waals surface area contributed by atoms with Gasteiger partial charge in [0, 0.05) is 0 Å². The Bertz CT molecular complexity index is 254. The van der Waals surface area contributed by atoms with Gasteiger partial charge in [-0.25, -0.2) is 4.99 Å². The summed E-state index contributed by atoms with van der Waals surface area (Å²) in [6.45, 7) is 6.92. The normalized spacial score (nSPS) is 16.1. The van der Waals surface area contributed by atoms with Crippen molar-refractivity contribution in [2.45, 2.75) is 39.5 Å². The van der Waals surface area contributed by atoms with Gasteiger partial charge < -0.3 is 9.11 Å². The van der Waals surface area contributed by atoms with Gasteiger partial charge in [0.1, 0.15) is 6.20 Å². The van der Waals surface area contributed by atoms with Crippen molar-refractivity contribution < 1.29 is 17.8 Å². The third-order valence-corrected chi connectivity index (χ3v) is 2.60. The lowest BCUT2D eigenvalue weighted by molar-refractivity contribution is -0.780. The second-order valence-corrected chi connectivity index (χ2v) is 4.43. The number of hydrogen-bond acceptors (Lipinski definition) is 4. The first kappa shape index (κ1) is 16.4. The summed E-state index contributed by atoms with van der Waals surface area (Å²) in [7, 11) is 0. The lowest BCUT2D eigenvalue weighted by Crippen LogP contribution is -2.41. The predicted octanol–water partition coefficient (Wildman–Crippen LogP) is 1.91. The van der Waals surface area contributed by atoms with Crippen LogP contribution in [0.3, 0.4) is 0 Å². The molecular weight excluding hydrogens is 240 g/mol. The van der Waals surface area contributed by atoms with Gasteiger partial charge in [-0.2, -0.15) is 0 Å². The van der Waals surface area contributed by atoms with Crippen molar-refractivity contribution in [1.82, 2.24) is 0 Å². The van der Waals surface area contributed by atoms with Gasteiger partial charge in [0.05, 0.1) is 19.3 Å². The topological polar surface area (TPSA) is 75.5 Å². The highest BCUT2D eigenvalue weighted by Crippen LogP contribution is 2.14. The van der Waals surface area contributed by atoms with Crippen molar-refractivity contribution in [1.29, 1.82) is 0 Å². The smallest absolute Gasteiger partial charge is 0.194 e. The molecular formula is C11H21N2O3S-. The highest BCUT2D eigenvalue weighted by atomic mass is 32.2. The molecule has 0 atom stereocenters. The molecule has 0 bridgehead atoms. The summed E-state index contributed by atoms with van der Waals surface area (Å²) in [5.74, 6) is 0. The van der Waals surface area contributed by atoms with E-state index < -0.39 is 11.4 Å². The molecule has 100 valence electrons. The van der Waals surface area contributed by atoms with Crippen molar-refractivity contribution in [3.63, 3.8) is 0 Å². The molecule has 1 aliphatic rings. The van der Waals surface area contributed by atoms with E-state index in [1.165, 1.54) is 38.8 Å². The van der Waals surface area contributed by atoms with E-state index in [1.54, 1.807) is 0 Å². The maximum Gasteiger partial charge on any atom is 0.194 e. The Morgan fingerprint density at radius 1 is 1.18 bits per heavy atom. The summed E-state index contributed by atoms with van der Waals surface area (Å²) in [6, 6.07) is 0. The van der Waals surface area contributed by atoms with Crippen LogP contribution < -0.4 is 0 Å². The maximum absolute atomic E-state index is 8.44. The molecule has 1 rings (SSSR count). The van der Waals surface area contributed by atoms with Gasteiger partial charge in [-0.3, -0.25) is 8.69 Å². The largest absolute Gasteiger partial charge is 0.784 e. The average Bonchev–Trinajstić information content (AvgIpc) is 2.72. The van der Waals surface area contributed by atoms with Crippen LogP contribution in [0.4, 0.5) is 0 Å². The molecule has 6 heteroatoms. The van der Waals surface area contributed by atoms with Crippen LogP contribution in [0, 0.1) is 0 Å². The summed E-state index contributed by atoms with van der Waals surface area (Å²) in [4.78, 5) is 4.21. The molecule has 0 saturated heterocycles. The van der Waals surface area contributed by atoms with E-state index >= 15 is 0 Å². The summed E-state index contributed by atoms with van der Waals surface area (Å²) in [6.07, 6.45) is 11.4. The predicted molar refractivity (Wildman–Crippen MR) is 67.1 cm³/mol. The molecule has 0 N–H and O–H groups in total. The van der Waals surface area contributed by atoms with E-state index in [1.807, 2.05) is 6.20 Å². The van der Waals surface area contributed by atoms with Crippen LogP contribution in [0.15, 0.2) is 17.4 Å². The molecule has 0 unspecified atom stereocenters. The first-order valence-corrected chi connectivity index (χ1v) is 6.91. The van der Waals surface area contributed by atoms with Gasteiger partial charge >= 0.3 is 0 Å². The lowest BCUT2D eigenvalue weighted by Gasteiger charge is -2.27. The van der Waals surface area contributed by atoms with Gasteiger partial charge in [-0.05, 0) is 12.8 Å². The van der Waals surface area contributed by atoms with E-state index in [0.717, 1.165) is 4.48 Å². The van der Waals surface area contributed by atoms with Crippen molar-refractivity contribution in [2.24, 2.45) is 4.99 Å². The van der Waals surface area contributed by atoms with Crippen LogP contribution >= 0.6 is 0 Å². The summed E-state index contributed by atoms with van der Waals surface area (Å²) < 4.78 is 26.3. The van der Waals surface area contributed by atoms with Crippen molar-refractivity contribution in [3.8, 4) is 0 Å². The van der Waals surface area contributed by atoms with Gasteiger partial charge in [-0.1, -0.05) is 26.7 Å². The summed E-state index contributed by atoms with van der Waals surface area (Å²) in [5.41, 5.74) is 0. The molecule has 5 nitrogen and oxygen atoms in total. The Balaban J connectivity index is 0.000000557. The molecule has 0 aliphatic carbocycles. The Hall–Kier alpha value is -0.560. The van der Waals surface area contributed by atoms with Crippen LogP contribution in [-0.4, -0.2) is 37.2 Å². The Morgan fingerprint density at radius 3 is 1.94 bits per heavy atom. The Labute approximate surface area is 106 Å². The van der Waals surface area contributed by atoms with Gasteiger partial charge in [0.2, 0.25) is 0 Å². The molecule has 17 heavy (non-hydrogen) atoms. The molecule has 0 fully saturated rings. The number of quaternary nitrogens is 1. The maximum atomic E-state index is 8.44. The summed E-state index contributed by atoms with van der Waals surface area (Å²) >= 11 is -3.11. The van der Waals surface area contributed by atoms with Crippen LogP contribution in [-0.2, 0) is 11.4 Å². The van der Waals surface area contributed by atoms with Crippen molar-refractivity contribution >= 4 is 17.7 Å². The first-order valence-electron chi connectivity index (χ1n) is 5.91. The number of nitrogens with zero attached hydrogens (tertiary/aromatic N) is 2. The molecule has 1 heterocycles. The van der Waals surface area contributed by atoms with Crippen LogP contribution in [0.2, 0.25) is 0 Å². The molecule has 0 aromatic rings. The van der Waals surface area contributed by atoms with Crippen molar-refractivity contribution in [2.75, 3.05) is 13.1 Å². The minimum absolute atomic E-state index is 0.988. The molecule has 0 saturated carbocycles. The zero-order valence-corrected chi connectivity index (χ0v) is 11.3. The Morgan fingerprint density at radius 2 is 1.65 bits per heavy atom. The number of rotatable bonds is 6. The molecule has 0 amide bonds. The molecule has 1 aliphatic heterocycles. The van der Waals surface area contributed by atoms with E-state index in [9.17, 15) is 0 Å². The standard InChI is InChI=1S/C11H21N2.H2O3S/c1-3-5-8-13(9-6-4-2)10-7-12-11-13;1-4(2)3/h7,10-11H,3-6,8-9H2,1-2H3;(H2,1,2,3)/q+1;/p-2. The fraction of sp³-hybridized carbons (Fsp3) is 0.727. The lowest BCUT2D eigenvalue weighted by atomic mass is 10.2. The second kappa shape index (κ2) is 9.47. The fourth-order valence-electron chi connectivity index (χ4n) is 1.66. The van der Waals surface area contributed by atoms with E-state index in [0.29, 0.717) is 0 Å². The minimum Gasteiger partial charge on any atom is -0.784 e. The molecule has 0 aromatic carbocycles. The zero-order valence-electron chi connectivity index (χ0n) is 10.5. The van der Waals surface area contributed by atoms with Crippen LogP contribution in [0.5, 0.6) is 0 Å². The average molecular weight is 261 g/mol. The number of unbranched alkanes of at least 4 members (excludes halogenated alkanes) is 2. The van der Waals surface area contributed by atoms with Gasteiger partial charge in [-0.15, -0.1) is 11.4 Å². The second-order valence-electron chi connectivity index (χ2n) is 4.02. The Kier molecular flexibility index (Phi) is 9.16. The van der Waals surface area contributed by atoms with E-state index in [-0.39, 0.29) is 0 Å². The summed E-state index contributed by atoms with van der Waals surface area (Å²) in [5, 5.41) is 0. The quantitative estimate of drug-likeness (QED) is 0.541. The van der Waals surface area contributed by atoms with Gasteiger partial charge in [0.15, 0.2) is 6.34 Å². The first-order chi connectivity index (χ1) is 8.06. The molecule has 0 aromatic heterocycles. The highest BCUT2D eigenvalue weighted by molar-refractivity contribution is 7.72. The highest BCUT2D eigenvalue weighted by Gasteiger charge is 2.23.